The number of oxime groups is 1. The molecule has 8 heteroatoms. The molecule has 0 bridgehead atoms. The molecular formula is C13H17ClF3N3O. The summed E-state index contributed by atoms with van der Waals surface area (Å²) in [5.74, 6) is 0.0859. The number of halogens is 4. The van der Waals surface area contributed by atoms with Crippen molar-refractivity contribution in [1.29, 1.82) is 0 Å². The van der Waals surface area contributed by atoms with Crippen LogP contribution in [0.25, 0.3) is 0 Å². The summed E-state index contributed by atoms with van der Waals surface area (Å²) < 4.78 is 37.5. The summed E-state index contributed by atoms with van der Waals surface area (Å²) in [6.45, 7) is 3.99. The van der Waals surface area contributed by atoms with Crippen LogP contribution in [0.15, 0.2) is 23.4 Å². The maximum Gasteiger partial charge on any atom is 0.416 e. The van der Waals surface area contributed by atoms with Gasteiger partial charge < -0.3 is 16.3 Å². The number of rotatable bonds is 5. The number of nitrogens with two attached hydrogens (primary N) is 1. The summed E-state index contributed by atoms with van der Waals surface area (Å²) in [5.41, 5.74) is 4.61. The van der Waals surface area contributed by atoms with Crippen LogP contribution in [0.4, 0.5) is 18.9 Å². The Bertz CT molecular complexity index is 530. The summed E-state index contributed by atoms with van der Waals surface area (Å²) >= 11 is 5.82. The molecule has 4 N–H and O–H groups in total. The highest BCUT2D eigenvalue weighted by atomic mass is 35.5. The second kappa shape index (κ2) is 6.43. The third-order valence-electron chi connectivity index (χ3n) is 3.16. The molecule has 0 fully saturated rings. The molecule has 0 saturated heterocycles. The van der Waals surface area contributed by atoms with E-state index in [0.717, 1.165) is 12.1 Å². The fourth-order valence-corrected chi connectivity index (χ4v) is 1.86. The average Bonchev–Trinajstić information content (AvgIpc) is 2.38. The molecule has 0 spiro atoms. The van der Waals surface area contributed by atoms with Gasteiger partial charge in [0, 0.05) is 12.0 Å². The fourth-order valence-electron chi connectivity index (χ4n) is 1.61. The summed E-state index contributed by atoms with van der Waals surface area (Å²) in [6, 6.07) is 3.11. The highest BCUT2D eigenvalue weighted by Crippen LogP contribution is 2.33. The van der Waals surface area contributed by atoms with Gasteiger partial charge in [-0.3, -0.25) is 0 Å². The molecule has 0 heterocycles. The van der Waals surface area contributed by atoms with Crippen molar-refractivity contribution in [2.75, 3.05) is 11.9 Å². The highest BCUT2D eigenvalue weighted by molar-refractivity contribution is 6.33. The molecule has 0 aliphatic carbocycles. The van der Waals surface area contributed by atoms with Crippen molar-refractivity contribution in [2.45, 2.75) is 26.4 Å². The monoisotopic (exact) mass is 323 g/mol. The molecule has 0 radical (unpaired) electrons. The number of hydrogen-bond acceptors (Lipinski definition) is 3. The lowest BCUT2D eigenvalue weighted by Crippen LogP contribution is -2.33. The van der Waals surface area contributed by atoms with E-state index in [1.807, 2.05) is 0 Å². The third-order valence-corrected chi connectivity index (χ3v) is 3.48. The minimum Gasteiger partial charge on any atom is -0.409 e. The van der Waals surface area contributed by atoms with Crippen molar-refractivity contribution >= 4 is 23.1 Å². The first kappa shape index (κ1) is 17.4. The number of alkyl halides is 3. The van der Waals surface area contributed by atoms with Gasteiger partial charge in [0.1, 0.15) is 5.84 Å². The van der Waals surface area contributed by atoms with Crippen LogP contribution in [0.3, 0.4) is 0 Å². The topological polar surface area (TPSA) is 70.6 Å². The molecule has 1 aromatic carbocycles. The van der Waals surface area contributed by atoms with Gasteiger partial charge in [-0.05, 0) is 24.6 Å². The van der Waals surface area contributed by atoms with Crippen molar-refractivity contribution in [3.8, 4) is 0 Å². The van der Waals surface area contributed by atoms with Gasteiger partial charge in [0.05, 0.1) is 16.3 Å². The fraction of sp³-hybridized carbons (Fsp3) is 0.462. The van der Waals surface area contributed by atoms with Crippen LogP contribution in [0.1, 0.15) is 25.8 Å². The smallest absolute Gasteiger partial charge is 0.409 e. The lowest BCUT2D eigenvalue weighted by atomic mass is 9.88. The minimum absolute atomic E-state index is 0.00794. The Balaban J connectivity index is 2.70. The quantitative estimate of drug-likeness (QED) is 0.333. The van der Waals surface area contributed by atoms with Crippen LogP contribution >= 0.6 is 11.6 Å². The summed E-state index contributed by atoms with van der Waals surface area (Å²) in [4.78, 5) is 0. The standard InChI is InChI=1S/C13H17ClF3N3O/c1-12(2,11(18)20-21)5-6-19-10-4-3-8(7-9(10)14)13(15,16)17/h3-4,7,19,21H,5-6H2,1-2H3,(H2,18,20). The number of nitrogens with zero attached hydrogens (tertiary/aromatic N) is 1. The molecule has 118 valence electrons. The van der Waals surface area contributed by atoms with E-state index in [0.29, 0.717) is 18.7 Å². The van der Waals surface area contributed by atoms with E-state index in [4.69, 9.17) is 22.5 Å². The van der Waals surface area contributed by atoms with Crippen LogP contribution in [0.2, 0.25) is 5.02 Å². The SMILES string of the molecule is CC(C)(CCNc1ccc(C(F)(F)F)cc1Cl)C(N)=NO. The van der Waals surface area contributed by atoms with Gasteiger partial charge in [-0.1, -0.05) is 30.6 Å². The molecule has 0 aliphatic heterocycles. The normalized spacial score (nSPS) is 13.3. The second-order valence-corrected chi connectivity index (χ2v) is 5.65. The first-order chi connectivity index (χ1) is 9.58. The minimum atomic E-state index is -4.42. The van der Waals surface area contributed by atoms with Gasteiger partial charge in [0.15, 0.2) is 0 Å². The number of amidine groups is 1. The molecule has 0 amide bonds. The molecule has 1 aromatic rings. The first-order valence-corrected chi connectivity index (χ1v) is 6.54. The van der Waals surface area contributed by atoms with E-state index in [2.05, 4.69) is 10.5 Å². The van der Waals surface area contributed by atoms with E-state index in [1.165, 1.54) is 6.07 Å². The van der Waals surface area contributed by atoms with Gasteiger partial charge in [-0.25, -0.2) is 0 Å². The molecule has 0 atom stereocenters. The Morgan fingerprint density at radius 2 is 2.00 bits per heavy atom. The lowest BCUT2D eigenvalue weighted by Gasteiger charge is -2.23. The van der Waals surface area contributed by atoms with Crippen molar-refractivity contribution in [3.63, 3.8) is 0 Å². The largest absolute Gasteiger partial charge is 0.416 e. The second-order valence-electron chi connectivity index (χ2n) is 5.24. The first-order valence-electron chi connectivity index (χ1n) is 6.16. The Morgan fingerprint density at radius 3 is 2.48 bits per heavy atom. The van der Waals surface area contributed by atoms with Gasteiger partial charge in [-0.2, -0.15) is 13.2 Å². The third kappa shape index (κ3) is 4.70. The van der Waals surface area contributed by atoms with Gasteiger partial charge in [0.25, 0.3) is 0 Å². The van der Waals surface area contributed by atoms with Crippen LogP contribution in [0, 0.1) is 5.41 Å². The van der Waals surface area contributed by atoms with E-state index >= 15 is 0 Å². The molecule has 21 heavy (non-hydrogen) atoms. The molecular weight excluding hydrogens is 307 g/mol. The van der Waals surface area contributed by atoms with Crippen LogP contribution < -0.4 is 11.1 Å². The molecule has 1 rings (SSSR count). The number of anilines is 1. The maximum absolute atomic E-state index is 12.5. The van der Waals surface area contributed by atoms with Crippen molar-refractivity contribution < 1.29 is 18.4 Å². The van der Waals surface area contributed by atoms with Crippen LogP contribution in [0.5, 0.6) is 0 Å². The Hall–Kier alpha value is -1.63. The maximum atomic E-state index is 12.5. The zero-order valence-corrected chi connectivity index (χ0v) is 12.4. The Morgan fingerprint density at radius 1 is 1.38 bits per heavy atom. The van der Waals surface area contributed by atoms with Gasteiger partial charge in [-0.15, -0.1) is 0 Å². The van der Waals surface area contributed by atoms with E-state index < -0.39 is 17.2 Å². The van der Waals surface area contributed by atoms with Gasteiger partial charge >= 0.3 is 6.18 Å². The van der Waals surface area contributed by atoms with Gasteiger partial charge in [0.2, 0.25) is 0 Å². The summed E-state index contributed by atoms with van der Waals surface area (Å²) in [5, 5.41) is 14.5. The number of hydrogen-bond donors (Lipinski definition) is 3. The van der Waals surface area contributed by atoms with Crippen LogP contribution in [-0.4, -0.2) is 17.6 Å². The zero-order valence-electron chi connectivity index (χ0n) is 11.6. The van der Waals surface area contributed by atoms with E-state index in [1.54, 1.807) is 13.8 Å². The van der Waals surface area contributed by atoms with Crippen molar-refractivity contribution in [3.05, 3.63) is 28.8 Å². The van der Waals surface area contributed by atoms with Crippen molar-refractivity contribution in [2.24, 2.45) is 16.3 Å². The van der Waals surface area contributed by atoms with E-state index in [9.17, 15) is 13.2 Å². The molecule has 0 saturated carbocycles. The Kier molecular flexibility index (Phi) is 5.33. The van der Waals surface area contributed by atoms with Crippen LogP contribution in [-0.2, 0) is 6.18 Å². The predicted octanol–water partition coefficient (Wildman–Crippen LogP) is 3.93. The zero-order chi connectivity index (χ0) is 16.3. The summed E-state index contributed by atoms with van der Waals surface area (Å²) in [7, 11) is 0. The molecule has 0 unspecified atom stereocenters. The molecule has 0 aromatic heterocycles. The lowest BCUT2D eigenvalue weighted by molar-refractivity contribution is -0.137. The average molecular weight is 324 g/mol. The molecule has 4 nitrogen and oxygen atoms in total. The number of benzene rings is 1. The molecule has 0 aliphatic rings. The van der Waals surface area contributed by atoms with Crippen molar-refractivity contribution in [1.82, 2.24) is 0 Å². The van der Waals surface area contributed by atoms with E-state index in [-0.39, 0.29) is 10.9 Å². The summed E-state index contributed by atoms with van der Waals surface area (Å²) in [6.07, 6.45) is -3.91. The Labute approximate surface area is 125 Å². The predicted molar refractivity (Wildman–Crippen MR) is 76.8 cm³/mol. The number of nitrogens with one attached hydrogen (secondary N) is 1. The highest BCUT2D eigenvalue weighted by Gasteiger charge is 2.31.